The normalized spacial score (nSPS) is 13.2. The van der Waals surface area contributed by atoms with Crippen molar-refractivity contribution in [3.63, 3.8) is 0 Å². The van der Waals surface area contributed by atoms with Crippen LogP contribution in [0.3, 0.4) is 0 Å². The van der Waals surface area contributed by atoms with Gasteiger partial charge in [0.15, 0.2) is 5.82 Å². The molecule has 1 aromatic heterocycles. The Labute approximate surface area is 122 Å². The maximum Gasteiger partial charge on any atom is 0.262 e. The van der Waals surface area contributed by atoms with E-state index in [1.807, 2.05) is 5.32 Å². The van der Waals surface area contributed by atoms with Crippen LogP contribution < -0.4 is 16.6 Å². The van der Waals surface area contributed by atoms with Gasteiger partial charge in [0.25, 0.3) is 17.4 Å². The predicted molar refractivity (Wildman–Crippen MR) is 72.9 cm³/mol. The third kappa shape index (κ3) is 1.73. The summed E-state index contributed by atoms with van der Waals surface area (Å²) < 4.78 is 28.7. The summed E-state index contributed by atoms with van der Waals surface area (Å²) in [6.45, 7) is 1.39. The Morgan fingerprint density at radius 2 is 1.82 bits per heavy atom. The molecule has 0 saturated carbocycles. The highest BCUT2D eigenvalue weighted by molar-refractivity contribution is 6.23. The first-order valence-electron chi connectivity index (χ1n) is 6.19. The number of carbonyl (C=O) groups is 2. The number of aromatic nitrogens is 1. The van der Waals surface area contributed by atoms with Gasteiger partial charge in [0.05, 0.1) is 11.1 Å². The maximum atomic E-state index is 14.2. The zero-order valence-corrected chi connectivity index (χ0v) is 11.2. The Kier molecular flexibility index (Phi) is 2.84. The lowest BCUT2D eigenvalue weighted by Crippen LogP contribution is -2.26. The molecule has 0 spiro atoms. The third-order valence-electron chi connectivity index (χ3n) is 3.44. The fourth-order valence-corrected chi connectivity index (χ4v) is 2.36. The maximum absolute atomic E-state index is 14.2. The highest BCUT2D eigenvalue weighted by Crippen LogP contribution is 2.26. The molecule has 3 N–H and O–H groups in total. The number of hydrogen-bond acceptors (Lipinski definition) is 4. The second-order valence-corrected chi connectivity index (χ2v) is 4.80. The Bertz CT molecular complexity index is 919. The van der Waals surface area contributed by atoms with Crippen LogP contribution in [0.15, 0.2) is 23.0 Å². The SMILES string of the molecule is Cc1ccc(F)c(-n2c(N)c3c(cc2=O)C(=O)NC3=O)c1F. The standard InChI is InChI=1S/C14H9F2N3O3/c1-5-2-3-7(15)11(10(5)16)19-8(20)4-6-9(12(19)17)14(22)18-13(6)21/h2-4H,17H2,1H3,(H,18,21,22). The average molecular weight is 305 g/mol. The molecule has 2 amide bonds. The van der Waals surface area contributed by atoms with Crippen LogP contribution in [0, 0.1) is 18.6 Å². The molecule has 22 heavy (non-hydrogen) atoms. The number of nitrogens with two attached hydrogens (primary N) is 1. The van der Waals surface area contributed by atoms with Crippen LogP contribution >= 0.6 is 0 Å². The number of aryl methyl sites for hydroxylation is 1. The highest BCUT2D eigenvalue weighted by Gasteiger charge is 2.32. The quantitative estimate of drug-likeness (QED) is 0.765. The van der Waals surface area contributed by atoms with Gasteiger partial charge in [0.1, 0.15) is 17.3 Å². The van der Waals surface area contributed by atoms with Gasteiger partial charge in [-0.3, -0.25) is 24.3 Å². The first-order valence-corrected chi connectivity index (χ1v) is 6.19. The van der Waals surface area contributed by atoms with Crippen LogP contribution in [-0.2, 0) is 0 Å². The summed E-state index contributed by atoms with van der Waals surface area (Å²) in [7, 11) is 0. The Hall–Kier alpha value is -3.03. The number of nitrogens with zero attached hydrogens (tertiary/aromatic N) is 1. The number of nitrogens with one attached hydrogen (secondary N) is 1. The van der Waals surface area contributed by atoms with Crippen LogP contribution in [0.25, 0.3) is 5.69 Å². The second kappa shape index (κ2) is 4.48. The minimum absolute atomic E-state index is 0.101. The van der Waals surface area contributed by atoms with Crippen molar-refractivity contribution in [1.29, 1.82) is 0 Å². The average Bonchev–Trinajstić information content (AvgIpc) is 2.73. The number of nitrogen functional groups attached to an aromatic ring is 1. The van der Waals surface area contributed by atoms with Crippen LogP contribution in [0.5, 0.6) is 0 Å². The van der Waals surface area contributed by atoms with Gasteiger partial charge < -0.3 is 5.73 Å². The Morgan fingerprint density at radius 1 is 1.14 bits per heavy atom. The summed E-state index contributed by atoms with van der Waals surface area (Å²) in [4.78, 5) is 35.4. The summed E-state index contributed by atoms with van der Waals surface area (Å²) in [5.41, 5.74) is 3.75. The monoisotopic (exact) mass is 305 g/mol. The van der Waals surface area contributed by atoms with E-state index >= 15 is 0 Å². The number of halogens is 2. The number of hydrogen-bond donors (Lipinski definition) is 2. The van der Waals surface area contributed by atoms with Crippen molar-refractivity contribution in [3.05, 3.63) is 56.9 Å². The zero-order valence-electron chi connectivity index (χ0n) is 11.2. The number of imide groups is 1. The van der Waals surface area contributed by atoms with Gasteiger partial charge >= 0.3 is 0 Å². The molecule has 1 aliphatic rings. The van der Waals surface area contributed by atoms with Crippen molar-refractivity contribution < 1.29 is 18.4 Å². The topological polar surface area (TPSA) is 94.2 Å². The fraction of sp³-hybridized carbons (Fsp3) is 0.0714. The number of rotatable bonds is 1. The van der Waals surface area contributed by atoms with Crippen molar-refractivity contribution in [2.24, 2.45) is 0 Å². The summed E-state index contributed by atoms with van der Waals surface area (Å²) in [6.07, 6.45) is 0. The molecule has 0 saturated heterocycles. The molecule has 0 radical (unpaired) electrons. The van der Waals surface area contributed by atoms with Crippen LogP contribution in [0.4, 0.5) is 14.6 Å². The Balaban J connectivity index is 2.43. The van der Waals surface area contributed by atoms with Gasteiger partial charge in [-0.2, -0.15) is 0 Å². The molecule has 1 aromatic carbocycles. The van der Waals surface area contributed by atoms with Crippen molar-refractivity contribution >= 4 is 17.6 Å². The van der Waals surface area contributed by atoms with E-state index in [9.17, 15) is 23.2 Å². The molecule has 0 fully saturated rings. The first kappa shape index (κ1) is 13.9. The molecular weight excluding hydrogens is 296 g/mol. The molecule has 2 aromatic rings. The smallest absolute Gasteiger partial charge is 0.262 e. The van der Waals surface area contributed by atoms with Crippen LogP contribution in [0.1, 0.15) is 26.3 Å². The molecule has 3 rings (SSSR count). The van der Waals surface area contributed by atoms with E-state index in [0.717, 1.165) is 12.1 Å². The van der Waals surface area contributed by atoms with Crippen molar-refractivity contribution in [1.82, 2.24) is 9.88 Å². The summed E-state index contributed by atoms with van der Waals surface area (Å²) >= 11 is 0. The lowest BCUT2D eigenvalue weighted by Gasteiger charge is -2.14. The minimum atomic E-state index is -1.01. The molecule has 6 nitrogen and oxygen atoms in total. The van der Waals surface area contributed by atoms with Gasteiger partial charge in [0.2, 0.25) is 0 Å². The van der Waals surface area contributed by atoms with Gasteiger partial charge in [-0.1, -0.05) is 6.07 Å². The van der Waals surface area contributed by atoms with Crippen LogP contribution in [0.2, 0.25) is 0 Å². The van der Waals surface area contributed by atoms with Crippen LogP contribution in [-0.4, -0.2) is 16.4 Å². The fourth-order valence-electron chi connectivity index (χ4n) is 2.36. The highest BCUT2D eigenvalue weighted by atomic mass is 19.1. The van der Waals surface area contributed by atoms with Gasteiger partial charge in [0, 0.05) is 6.07 Å². The number of anilines is 1. The molecule has 0 unspecified atom stereocenters. The number of carbonyl (C=O) groups excluding carboxylic acids is 2. The van der Waals surface area contributed by atoms with Gasteiger partial charge in [-0.05, 0) is 18.6 Å². The first-order chi connectivity index (χ1) is 10.3. The van der Waals surface area contributed by atoms with E-state index in [0.29, 0.717) is 4.57 Å². The van der Waals surface area contributed by atoms with E-state index in [2.05, 4.69) is 0 Å². The van der Waals surface area contributed by atoms with E-state index in [1.54, 1.807) is 0 Å². The van der Waals surface area contributed by atoms with E-state index in [-0.39, 0.29) is 16.7 Å². The summed E-state index contributed by atoms with van der Waals surface area (Å²) in [6, 6.07) is 3.02. The van der Waals surface area contributed by atoms with E-state index in [1.165, 1.54) is 13.0 Å². The molecule has 112 valence electrons. The van der Waals surface area contributed by atoms with E-state index in [4.69, 9.17) is 5.73 Å². The third-order valence-corrected chi connectivity index (χ3v) is 3.44. The molecular formula is C14H9F2N3O3. The van der Waals surface area contributed by atoms with Crippen molar-refractivity contribution in [2.45, 2.75) is 6.92 Å². The lowest BCUT2D eigenvalue weighted by atomic mass is 10.1. The van der Waals surface area contributed by atoms with Gasteiger partial charge in [-0.15, -0.1) is 0 Å². The molecule has 1 aliphatic heterocycles. The number of pyridine rings is 1. The molecule has 0 aliphatic carbocycles. The molecule has 0 bridgehead atoms. The zero-order chi connectivity index (χ0) is 16.2. The van der Waals surface area contributed by atoms with E-state index < -0.39 is 40.5 Å². The number of fused-ring (bicyclic) bond motifs is 1. The molecule has 2 heterocycles. The molecule has 0 atom stereocenters. The minimum Gasteiger partial charge on any atom is -0.384 e. The summed E-state index contributed by atoms with van der Waals surface area (Å²) in [5.74, 6) is -4.07. The lowest BCUT2D eigenvalue weighted by molar-refractivity contribution is 0.0880. The predicted octanol–water partition coefficient (Wildman–Crippen LogP) is 0.890. The number of benzene rings is 1. The molecule has 8 heteroatoms. The second-order valence-electron chi connectivity index (χ2n) is 4.80. The van der Waals surface area contributed by atoms with Gasteiger partial charge in [-0.25, -0.2) is 8.78 Å². The summed E-state index contributed by atoms with van der Waals surface area (Å²) in [5, 5.41) is 1.97. The number of amides is 2. The largest absolute Gasteiger partial charge is 0.384 e. The Morgan fingerprint density at radius 3 is 2.50 bits per heavy atom. The van der Waals surface area contributed by atoms with Crippen molar-refractivity contribution in [2.75, 3.05) is 5.73 Å². The van der Waals surface area contributed by atoms with Crippen molar-refractivity contribution in [3.8, 4) is 5.69 Å².